The van der Waals surface area contributed by atoms with Crippen molar-refractivity contribution in [1.82, 2.24) is 31.6 Å². The minimum Gasteiger partial charge on any atom is -0.354 e. The van der Waals surface area contributed by atoms with Crippen LogP contribution in [0.2, 0.25) is 0 Å². The Hall–Kier alpha value is -4.14. The second-order valence-electron chi connectivity index (χ2n) is 11.2. The Morgan fingerprint density at radius 1 is 0.867 bits per heavy atom. The highest BCUT2D eigenvalue weighted by molar-refractivity contribution is 8.00. The fourth-order valence-electron chi connectivity index (χ4n) is 5.31. The van der Waals surface area contributed by atoms with E-state index in [1.165, 1.54) is 0 Å². The molecule has 0 bridgehead atoms. The average molecular weight is 645 g/mol. The summed E-state index contributed by atoms with van der Waals surface area (Å²) in [6.45, 7) is 0.814. The third kappa shape index (κ3) is 10.5. The Balaban J connectivity index is 1.02. The van der Waals surface area contributed by atoms with Crippen molar-refractivity contribution >= 4 is 53.3 Å². The zero-order valence-electron chi connectivity index (χ0n) is 25.1. The summed E-state index contributed by atoms with van der Waals surface area (Å²) in [5.74, 6) is -1.42. The lowest BCUT2D eigenvalue weighted by atomic mass is 10.0. The van der Waals surface area contributed by atoms with Crippen LogP contribution in [0.3, 0.4) is 0 Å². The van der Waals surface area contributed by atoms with Crippen molar-refractivity contribution in [3.63, 3.8) is 0 Å². The van der Waals surface area contributed by atoms with Gasteiger partial charge in [-0.1, -0.05) is 18.6 Å². The van der Waals surface area contributed by atoms with Gasteiger partial charge in [-0.05, 0) is 43.4 Å². The quantitative estimate of drug-likeness (QED) is 0.0937. The monoisotopic (exact) mass is 644 g/mol. The van der Waals surface area contributed by atoms with Crippen LogP contribution < -0.4 is 26.6 Å². The molecule has 3 aliphatic rings. The van der Waals surface area contributed by atoms with Crippen molar-refractivity contribution < 1.29 is 38.4 Å². The number of fused-ring (bicyclic) bond motifs is 1. The molecule has 5 N–H and O–H groups in total. The van der Waals surface area contributed by atoms with E-state index in [1.807, 2.05) is 11.8 Å². The molecule has 0 spiro atoms. The number of hydrogen-bond donors (Lipinski definition) is 5. The molecular weight excluding hydrogens is 604 g/mol. The second kappa shape index (κ2) is 16.8. The number of imide groups is 1. The number of urea groups is 1. The van der Waals surface area contributed by atoms with Gasteiger partial charge in [-0.2, -0.15) is 11.8 Å². The average Bonchev–Trinajstić information content (AvgIpc) is 3.68. The molecule has 3 saturated heterocycles. The Labute approximate surface area is 265 Å². The topological polar surface area (TPSA) is 192 Å². The molecular formula is C30H40N6O8S. The number of hydrogen-bond acceptors (Lipinski definition) is 9. The van der Waals surface area contributed by atoms with Crippen molar-refractivity contribution in [3.05, 3.63) is 35.4 Å². The molecule has 3 atom stereocenters. The molecule has 0 saturated carbocycles. The van der Waals surface area contributed by atoms with Gasteiger partial charge in [-0.3, -0.25) is 24.0 Å². The lowest BCUT2D eigenvalue weighted by Crippen LogP contribution is -2.36. The van der Waals surface area contributed by atoms with Crippen LogP contribution in [0, 0.1) is 0 Å². The third-order valence-electron chi connectivity index (χ3n) is 7.73. The maximum absolute atomic E-state index is 12.6. The Morgan fingerprint density at radius 3 is 2.33 bits per heavy atom. The molecule has 3 aliphatic heterocycles. The van der Waals surface area contributed by atoms with Crippen molar-refractivity contribution in [2.24, 2.45) is 0 Å². The minimum absolute atomic E-state index is 0.0211. The largest absolute Gasteiger partial charge is 0.354 e. The van der Waals surface area contributed by atoms with Gasteiger partial charge in [0.25, 0.3) is 17.7 Å². The summed E-state index contributed by atoms with van der Waals surface area (Å²) in [6, 6.07) is 7.14. The lowest BCUT2D eigenvalue weighted by Gasteiger charge is -2.16. The third-order valence-corrected chi connectivity index (χ3v) is 9.23. The maximum atomic E-state index is 12.6. The van der Waals surface area contributed by atoms with Crippen molar-refractivity contribution in [1.29, 1.82) is 0 Å². The van der Waals surface area contributed by atoms with Crippen LogP contribution in [0.1, 0.15) is 80.1 Å². The van der Waals surface area contributed by atoms with Crippen LogP contribution in [0.15, 0.2) is 24.3 Å². The van der Waals surface area contributed by atoms with Gasteiger partial charge in [0, 0.05) is 68.3 Å². The van der Waals surface area contributed by atoms with Gasteiger partial charge >= 0.3 is 12.0 Å². The van der Waals surface area contributed by atoms with Crippen LogP contribution in [0.25, 0.3) is 0 Å². The number of hydroxylamine groups is 2. The van der Waals surface area contributed by atoms with Crippen molar-refractivity contribution in [3.8, 4) is 0 Å². The van der Waals surface area contributed by atoms with Crippen LogP contribution in [-0.2, 0) is 35.4 Å². The number of nitrogens with zero attached hydrogens (tertiary/aromatic N) is 1. The molecule has 244 valence electrons. The molecule has 3 heterocycles. The van der Waals surface area contributed by atoms with Crippen LogP contribution in [0.5, 0.6) is 0 Å². The standard InChI is InChI=1S/C30H40N6O8S/c37-23(9-2-1-8-22-28-21(18-45-22)34-30(43)35-28)31-14-15-32-29(42)20-7-5-6-19(16-20)17-33-24(38)10-3-4-11-27(41)44-36-25(39)12-13-26(36)40/h5-7,16,21-22,28H,1-4,8-15,17-18H2,(H,31,37)(H,32,42)(H,33,38)(H2,34,35,43)/t21-,22-,28-/m0/s1. The van der Waals surface area contributed by atoms with E-state index in [0.29, 0.717) is 41.7 Å². The van der Waals surface area contributed by atoms with E-state index in [-0.39, 0.29) is 74.6 Å². The summed E-state index contributed by atoms with van der Waals surface area (Å²) in [5, 5.41) is 15.2. The molecule has 0 radical (unpaired) electrons. The van der Waals surface area contributed by atoms with Crippen LogP contribution >= 0.6 is 11.8 Å². The zero-order valence-corrected chi connectivity index (χ0v) is 25.9. The molecule has 1 aromatic rings. The highest BCUT2D eigenvalue weighted by Gasteiger charge is 2.42. The first-order valence-electron chi connectivity index (χ1n) is 15.4. The summed E-state index contributed by atoms with van der Waals surface area (Å²) in [6.07, 6.45) is 4.03. The molecule has 7 amide bonds. The summed E-state index contributed by atoms with van der Waals surface area (Å²) < 4.78 is 0. The number of nitrogens with one attached hydrogen (secondary N) is 5. The van der Waals surface area contributed by atoms with E-state index in [1.54, 1.807) is 24.3 Å². The fraction of sp³-hybridized carbons (Fsp3) is 0.567. The number of carbonyl (C=O) groups is 7. The van der Waals surface area contributed by atoms with Gasteiger partial charge in [0.2, 0.25) is 11.8 Å². The van der Waals surface area contributed by atoms with Gasteiger partial charge < -0.3 is 31.4 Å². The summed E-state index contributed by atoms with van der Waals surface area (Å²) in [5.41, 5.74) is 1.17. The molecule has 15 heteroatoms. The fourth-order valence-corrected chi connectivity index (χ4v) is 6.86. The van der Waals surface area contributed by atoms with E-state index in [2.05, 4.69) is 26.6 Å². The second-order valence-corrected chi connectivity index (χ2v) is 12.5. The SMILES string of the molecule is O=C(CCCC[C@@H]1SC[C@@H]2NC(=O)N[C@@H]21)NCCNC(=O)c1cccc(CNC(=O)CCCCC(=O)ON2C(=O)CCC2=O)c1. The number of benzene rings is 1. The van der Waals surface area contributed by atoms with Crippen molar-refractivity contribution in [2.45, 2.75) is 88.1 Å². The Kier molecular flexibility index (Phi) is 12.6. The summed E-state index contributed by atoms with van der Waals surface area (Å²) >= 11 is 1.86. The van der Waals surface area contributed by atoms with E-state index in [0.717, 1.165) is 30.6 Å². The maximum Gasteiger partial charge on any atom is 0.333 e. The van der Waals surface area contributed by atoms with Gasteiger partial charge in [0.1, 0.15) is 0 Å². The van der Waals surface area contributed by atoms with E-state index >= 15 is 0 Å². The smallest absolute Gasteiger partial charge is 0.333 e. The molecule has 0 unspecified atom stereocenters. The lowest BCUT2D eigenvalue weighted by molar-refractivity contribution is -0.197. The predicted molar refractivity (Wildman–Crippen MR) is 163 cm³/mol. The number of amides is 7. The number of thioether (sulfide) groups is 1. The van der Waals surface area contributed by atoms with Crippen molar-refractivity contribution in [2.75, 3.05) is 18.8 Å². The van der Waals surface area contributed by atoms with E-state index < -0.39 is 17.8 Å². The normalized spacial score (nSPS) is 20.3. The van der Waals surface area contributed by atoms with E-state index in [4.69, 9.17) is 4.84 Å². The van der Waals surface area contributed by atoms with Gasteiger partial charge in [0.05, 0.1) is 12.1 Å². The Morgan fingerprint density at radius 2 is 1.56 bits per heavy atom. The van der Waals surface area contributed by atoms with Gasteiger partial charge in [-0.15, -0.1) is 5.06 Å². The summed E-state index contributed by atoms with van der Waals surface area (Å²) in [7, 11) is 0. The van der Waals surface area contributed by atoms with E-state index in [9.17, 15) is 33.6 Å². The predicted octanol–water partition coefficient (Wildman–Crippen LogP) is 1.04. The molecule has 0 aromatic heterocycles. The van der Waals surface area contributed by atoms with Crippen LogP contribution in [-0.4, -0.2) is 82.8 Å². The number of rotatable bonds is 17. The van der Waals surface area contributed by atoms with Gasteiger partial charge in [-0.25, -0.2) is 9.59 Å². The van der Waals surface area contributed by atoms with Crippen LogP contribution in [0.4, 0.5) is 4.79 Å². The minimum atomic E-state index is -0.695. The van der Waals surface area contributed by atoms with Gasteiger partial charge in [0.15, 0.2) is 0 Å². The zero-order chi connectivity index (χ0) is 32.2. The molecule has 1 aromatic carbocycles. The number of carbonyl (C=O) groups excluding carboxylic acids is 7. The first kappa shape index (κ1) is 33.7. The molecule has 4 rings (SSSR count). The first-order valence-corrected chi connectivity index (χ1v) is 16.4. The Bertz CT molecular complexity index is 1280. The highest BCUT2D eigenvalue weighted by atomic mass is 32.2. The molecule has 45 heavy (non-hydrogen) atoms. The first-order chi connectivity index (χ1) is 21.7. The molecule has 0 aliphatic carbocycles. The molecule has 3 fully saturated rings. The molecule has 14 nitrogen and oxygen atoms in total. The summed E-state index contributed by atoms with van der Waals surface area (Å²) in [4.78, 5) is 88.0. The highest BCUT2D eigenvalue weighted by Crippen LogP contribution is 2.33. The number of unbranched alkanes of at least 4 members (excludes halogenated alkanes) is 2.